The van der Waals surface area contributed by atoms with Gasteiger partial charge in [0.25, 0.3) is 0 Å². The fraction of sp³-hybridized carbons (Fsp3) is 0.609. The van der Waals surface area contributed by atoms with Crippen LogP contribution in [0.5, 0.6) is 0 Å². The summed E-state index contributed by atoms with van der Waals surface area (Å²) in [5.41, 5.74) is 13.0. The Kier molecular flexibility index (Phi) is 4.78. The SMILES string of the molecule is Nc1ncnc2c1ncn2[C@@H]1O[C@@H]2COC3C[C@H]4[C@@H](F)[C@H](N)O[C@@H]4COC4(C[C@H]2[C@H]1F)c1ncnc(c14)N3. The van der Waals surface area contributed by atoms with E-state index >= 15 is 8.78 Å². The normalized spacial score (nSPS) is 41.4. The standard InChI is InChI=1S/C23H25F2N9O4/c24-14-8-1-12-33-20-13-17(28-5-30-20)23(13,36-4-11(8)37-19(14)27)2-9-10(3-35-12)38-22(15(9)25)34-7-32-16-18(26)29-6-31-21(16)34/h5-12,14-15,19,22H,1-4,27H2,(H2,26,29,31)(H,28,30,33)/t8-,9-,10-,11-,12?,14-,15-,19-,22-,23?/m1/s1. The molecule has 0 aromatic carbocycles. The van der Waals surface area contributed by atoms with Gasteiger partial charge in [-0.2, -0.15) is 0 Å². The number of halogens is 2. The summed E-state index contributed by atoms with van der Waals surface area (Å²) in [6, 6.07) is 0. The second-order valence-corrected chi connectivity index (χ2v) is 10.5. The monoisotopic (exact) mass is 529 g/mol. The second-order valence-electron chi connectivity index (χ2n) is 10.5. The van der Waals surface area contributed by atoms with Crippen LogP contribution in [-0.4, -0.2) is 79.7 Å². The van der Waals surface area contributed by atoms with Crippen LogP contribution in [0.3, 0.4) is 0 Å². The minimum atomic E-state index is -1.46. The van der Waals surface area contributed by atoms with Crippen molar-refractivity contribution in [3.05, 3.63) is 30.2 Å². The number of nitrogen functional groups attached to an aromatic ring is 1. The van der Waals surface area contributed by atoms with E-state index in [0.29, 0.717) is 22.7 Å². The first-order valence-electron chi connectivity index (χ1n) is 12.6. The van der Waals surface area contributed by atoms with Crippen molar-refractivity contribution >= 4 is 22.8 Å². The summed E-state index contributed by atoms with van der Waals surface area (Å²) in [4.78, 5) is 21.3. The Hall–Kier alpha value is -3.11. The third-order valence-corrected chi connectivity index (χ3v) is 8.50. The van der Waals surface area contributed by atoms with Crippen molar-refractivity contribution in [3.8, 4) is 0 Å². The van der Waals surface area contributed by atoms with Gasteiger partial charge in [-0.1, -0.05) is 0 Å². The largest absolute Gasteiger partial charge is 0.382 e. The van der Waals surface area contributed by atoms with E-state index in [4.69, 9.17) is 30.4 Å². The third-order valence-electron chi connectivity index (χ3n) is 8.50. The second kappa shape index (κ2) is 7.95. The first-order valence-corrected chi connectivity index (χ1v) is 12.6. The molecule has 5 N–H and O–H groups in total. The molecule has 38 heavy (non-hydrogen) atoms. The molecule has 1 aliphatic carbocycles. The predicted molar refractivity (Wildman–Crippen MR) is 125 cm³/mol. The molecule has 2 bridgehead atoms. The highest BCUT2D eigenvalue weighted by Gasteiger charge is 2.63. The lowest BCUT2D eigenvalue weighted by Crippen LogP contribution is -2.41. The molecule has 10 atom stereocenters. The molecule has 5 aliphatic rings. The van der Waals surface area contributed by atoms with Gasteiger partial charge in [-0.25, -0.2) is 33.7 Å². The zero-order chi connectivity index (χ0) is 25.8. The zero-order valence-electron chi connectivity index (χ0n) is 20.0. The van der Waals surface area contributed by atoms with Gasteiger partial charge in [-0.3, -0.25) is 4.57 Å². The highest BCUT2D eigenvalue weighted by atomic mass is 19.1. The van der Waals surface area contributed by atoms with E-state index in [1.807, 2.05) is 0 Å². The molecule has 0 saturated carbocycles. The molecule has 0 spiro atoms. The van der Waals surface area contributed by atoms with E-state index in [9.17, 15) is 0 Å². The molecule has 0 radical (unpaired) electrons. The van der Waals surface area contributed by atoms with Crippen LogP contribution in [0.2, 0.25) is 0 Å². The summed E-state index contributed by atoms with van der Waals surface area (Å²) in [5.74, 6) is -0.458. The Balaban J connectivity index is 1.19. The summed E-state index contributed by atoms with van der Waals surface area (Å²) in [5, 5.41) is 3.29. The van der Waals surface area contributed by atoms with Crippen molar-refractivity contribution < 1.29 is 27.7 Å². The lowest BCUT2D eigenvalue weighted by atomic mass is 9.89. The number of hydrogen-bond acceptors (Lipinski definition) is 12. The molecule has 3 aromatic heterocycles. The Morgan fingerprint density at radius 3 is 2.74 bits per heavy atom. The number of nitrogens with two attached hydrogens (primary N) is 2. The molecule has 2 fully saturated rings. The molecule has 4 aliphatic heterocycles. The maximum atomic E-state index is 16.4. The summed E-state index contributed by atoms with van der Waals surface area (Å²) < 4.78 is 57.6. The smallest absolute Gasteiger partial charge is 0.168 e. The molecular formula is C23H25F2N9O4. The molecule has 0 amide bonds. The molecular weight excluding hydrogens is 504 g/mol. The van der Waals surface area contributed by atoms with Gasteiger partial charge in [0.05, 0.1) is 43.0 Å². The number of aromatic nitrogens is 6. The van der Waals surface area contributed by atoms with Crippen molar-refractivity contribution in [2.45, 2.75) is 61.7 Å². The molecule has 2 unspecified atom stereocenters. The van der Waals surface area contributed by atoms with Gasteiger partial charge < -0.3 is 35.7 Å². The topological polar surface area (TPSA) is 170 Å². The van der Waals surface area contributed by atoms with E-state index in [0.717, 1.165) is 5.56 Å². The Morgan fingerprint density at radius 1 is 1.00 bits per heavy atom. The maximum Gasteiger partial charge on any atom is 0.168 e. The molecule has 13 nitrogen and oxygen atoms in total. The van der Waals surface area contributed by atoms with Gasteiger partial charge in [0.2, 0.25) is 0 Å². The fourth-order valence-electron chi connectivity index (χ4n) is 6.54. The lowest BCUT2D eigenvalue weighted by molar-refractivity contribution is -0.103. The van der Waals surface area contributed by atoms with Crippen LogP contribution in [0.25, 0.3) is 11.2 Å². The number of fused-ring (bicyclic) bond motifs is 4. The molecule has 7 heterocycles. The maximum absolute atomic E-state index is 16.4. The Bertz CT molecular complexity index is 1430. The number of imidazole rings is 1. The van der Waals surface area contributed by atoms with E-state index in [1.165, 1.54) is 23.5 Å². The van der Waals surface area contributed by atoms with Gasteiger partial charge >= 0.3 is 0 Å². The van der Waals surface area contributed by atoms with Crippen LogP contribution >= 0.6 is 0 Å². The van der Waals surface area contributed by atoms with Gasteiger partial charge in [-0.05, 0) is 6.42 Å². The van der Waals surface area contributed by atoms with Crippen molar-refractivity contribution in [2.24, 2.45) is 17.6 Å². The number of rotatable bonds is 1. The summed E-state index contributed by atoms with van der Waals surface area (Å²) >= 11 is 0. The highest BCUT2D eigenvalue weighted by Crippen LogP contribution is 2.59. The van der Waals surface area contributed by atoms with E-state index < -0.39 is 60.7 Å². The van der Waals surface area contributed by atoms with Crippen molar-refractivity contribution in [1.82, 2.24) is 29.5 Å². The quantitative estimate of drug-likeness (QED) is 0.400. The minimum Gasteiger partial charge on any atom is -0.382 e. The highest BCUT2D eigenvalue weighted by molar-refractivity contribution is 5.81. The van der Waals surface area contributed by atoms with Crippen LogP contribution in [0.1, 0.15) is 30.3 Å². The molecule has 3 aromatic rings. The van der Waals surface area contributed by atoms with Crippen LogP contribution in [-0.2, 0) is 24.5 Å². The fourth-order valence-corrected chi connectivity index (χ4v) is 6.54. The first kappa shape index (κ1) is 22.8. The van der Waals surface area contributed by atoms with Crippen molar-refractivity contribution in [1.29, 1.82) is 0 Å². The number of ether oxygens (including phenoxy) is 4. The molecule has 8 rings (SSSR count). The van der Waals surface area contributed by atoms with E-state index in [1.54, 1.807) is 0 Å². The summed E-state index contributed by atoms with van der Waals surface area (Å²) in [6.07, 6.45) is -2.13. The van der Waals surface area contributed by atoms with Crippen LogP contribution in [0.15, 0.2) is 19.0 Å². The van der Waals surface area contributed by atoms with Crippen molar-refractivity contribution in [2.75, 3.05) is 24.3 Å². The molecule has 200 valence electrons. The lowest BCUT2D eigenvalue weighted by Gasteiger charge is -2.33. The van der Waals surface area contributed by atoms with Crippen LogP contribution in [0.4, 0.5) is 20.4 Å². The van der Waals surface area contributed by atoms with E-state index in [-0.39, 0.29) is 31.9 Å². The summed E-state index contributed by atoms with van der Waals surface area (Å²) in [7, 11) is 0. The summed E-state index contributed by atoms with van der Waals surface area (Å²) in [6.45, 7) is 0.126. The number of nitrogens with zero attached hydrogens (tertiary/aromatic N) is 6. The first-order chi connectivity index (χ1) is 18.4. The number of alkyl halides is 2. The molecule has 15 heteroatoms. The average Bonchev–Trinajstić information content (AvgIpc) is 3.12. The average molecular weight is 530 g/mol. The third kappa shape index (κ3) is 3.10. The number of anilines is 2. The van der Waals surface area contributed by atoms with Crippen molar-refractivity contribution in [3.63, 3.8) is 0 Å². The van der Waals surface area contributed by atoms with Crippen LogP contribution in [0, 0.1) is 11.8 Å². The number of hydrogen-bond donors (Lipinski definition) is 3. The predicted octanol–water partition coefficient (Wildman–Crippen LogP) is 0.524. The van der Waals surface area contributed by atoms with Gasteiger partial charge in [0.15, 0.2) is 23.9 Å². The Morgan fingerprint density at radius 2 is 1.84 bits per heavy atom. The van der Waals surface area contributed by atoms with Gasteiger partial charge in [-0.15, -0.1) is 0 Å². The molecule has 2 saturated heterocycles. The van der Waals surface area contributed by atoms with Crippen LogP contribution < -0.4 is 16.8 Å². The van der Waals surface area contributed by atoms with Gasteiger partial charge in [0, 0.05) is 18.3 Å². The minimum absolute atomic E-state index is 0.0547. The van der Waals surface area contributed by atoms with E-state index in [2.05, 4.69) is 30.2 Å². The van der Waals surface area contributed by atoms with Gasteiger partial charge in [0.1, 0.15) is 48.2 Å². The zero-order valence-corrected chi connectivity index (χ0v) is 20.0. The number of nitrogens with one attached hydrogen (secondary N) is 1. The Labute approximate surface area is 214 Å².